The summed E-state index contributed by atoms with van der Waals surface area (Å²) >= 11 is 0. The number of amides is 2. The Bertz CT molecular complexity index is 457. The van der Waals surface area contributed by atoms with Crippen LogP contribution in [0.1, 0.15) is 37.7 Å². The fraction of sp³-hybridized carbons (Fsp3) is 0.571. The minimum absolute atomic E-state index is 0.111. The summed E-state index contributed by atoms with van der Waals surface area (Å²) in [6, 6.07) is 3.28. The van der Waals surface area contributed by atoms with E-state index in [-0.39, 0.29) is 17.5 Å². The standard InChI is InChI=1S/C14H23N5O2/c1-4-15-14(21)11-7-8-12(18-17-11)16-10-9-13(20)19(5-2)6-3/h7-8H,4-6,9-10H2,1-3H3,(H,15,21)(H,16,18). The van der Waals surface area contributed by atoms with Crippen LogP contribution >= 0.6 is 0 Å². The molecule has 0 aliphatic rings. The van der Waals surface area contributed by atoms with Crippen LogP contribution in [0.3, 0.4) is 0 Å². The molecule has 0 fully saturated rings. The van der Waals surface area contributed by atoms with Gasteiger partial charge in [-0.25, -0.2) is 0 Å². The maximum Gasteiger partial charge on any atom is 0.271 e. The first kappa shape index (κ1) is 16.9. The first-order valence-electron chi connectivity index (χ1n) is 7.25. The Labute approximate surface area is 125 Å². The molecule has 0 bridgehead atoms. The number of carbonyl (C=O) groups excluding carboxylic acids is 2. The van der Waals surface area contributed by atoms with Crippen molar-refractivity contribution in [3.8, 4) is 0 Å². The van der Waals surface area contributed by atoms with E-state index >= 15 is 0 Å². The zero-order valence-corrected chi connectivity index (χ0v) is 12.8. The van der Waals surface area contributed by atoms with Crippen molar-refractivity contribution in [3.05, 3.63) is 17.8 Å². The molecule has 21 heavy (non-hydrogen) atoms. The molecule has 0 aromatic carbocycles. The molecule has 1 aromatic rings. The normalized spacial score (nSPS) is 10.0. The maximum absolute atomic E-state index is 11.8. The third-order valence-electron chi connectivity index (χ3n) is 3.00. The Morgan fingerprint density at radius 2 is 1.86 bits per heavy atom. The van der Waals surface area contributed by atoms with E-state index in [9.17, 15) is 9.59 Å². The second-order valence-electron chi connectivity index (χ2n) is 4.41. The van der Waals surface area contributed by atoms with Gasteiger partial charge >= 0.3 is 0 Å². The molecule has 7 heteroatoms. The summed E-state index contributed by atoms with van der Waals surface area (Å²) < 4.78 is 0. The Morgan fingerprint density at radius 3 is 2.38 bits per heavy atom. The van der Waals surface area contributed by atoms with E-state index in [2.05, 4.69) is 20.8 Å². The number of anilines is 1. The number of hydrogen-bond donors (Lipinski definition) is 2. The lowest BCUT2D eigenvalue weighted by atomic mass is 10.3. The van der Waals surface area contributed by atoms with Crippen molar-refractivity contribution in [1.82, 2.24) is 20.4 Å². The Kier molecular flexibility index (Phi) is 7.14. The number of nitrogens with zero attached hydrogens (tertiary/aromatic N) is 3. The average molecular weight is 293 g/mol. The van der Waals surface area contributed by atoms with Crippen LogP contribution in [0.4, 0.5) is 5.82 Å². The van der Waals surface area contributed by atoms with Gasteiger partial charge < -0.3 is 15.5 Å². The number of aromatic nitrogens is 2. The van der Waals surface area contributed by atoms with E-state index in [1.807, 2.05) is 20.8 Å². The molecule has 0 radical (unpaired) electrons. The lowest BCUT2D eigenvalue weighted by Gasteiger charge is -2.18. The summed E-state index contributed by atoms with van der Waals surface area (Å²) in [6.07, 6.45) is 0.404. The molecule has 2 N–H and O–H groups in total. The molecule has 0 spiro atoms. The van der Waals surface area contributed by atoms with E-state index in [0.29, 0.717) is 25.3 Å². The van der Waals surface area contributed by atoms with Crippen molar-refractivity contribution in [1.29, 1.82) is 0 Å². The van der Waals surface area contributed by atoms with Crippen molar-refractivity contribution < 1.29 is 9.59 Å². The first-order chi connectivity index (χ1) is 10.1. The molecule has 1 heterocycles. The molecule has 2 amide bonds. The smallest absolute Gasteiger partial charge is 0.271 e. The highest BCUT2D eigenvalue weighted by atomic mass is 16.2. The zero-order chi connectivity index (χ0) is 15.7. The van der Waals surface area contributed by atoms with Crippen LogP contribution < -0.4 is 10.6 Å². The highest BCUT2D eigenvalue weighted by Gasteiger charge is 2.09. The fourth-order valence-electron chi connectivity index (χ4n) is 1.83. The molecule has 116 valence electrons. The van der Waals surface area contributed by atoms with Crippen LogP contribution in [-0.4, -0.2) is 53.1 Å². The highest BCUT2D eigenvalue weighted by Crippen LogP contribution is 2.03. The van der Waals surface area contributed by atoms with Gasteiger partial charge in [0.15, 0.2) is 5.69 Å². The zero-order valence-electron chi connectivity index (χ0n) is 12.8. The first-order valence-corrected chi connectivity index (χ1v) is 7.25. The van der Waals surface area contributed by atoms with Crippen LogP contribution in [0.15, 0.2) is 12.1 Å². The number of nitrogens with one attached hydrogen (secondary N) is 2. The van der Waals surface area contributed by atoms with Gasteiger partial charge in [0, 0.05) is 32.6 Å². The molecule has 0 aliphatic heterocycles. The van der Waals surface area contributed by atoms with Crippen LogP contribution in [0.2, 0.25) is 0 Å². The van der Waals surface area contributed by atoms with E-state index in [4.69, 9.17) is 0 Å². The van der Waals surface area contributed by atoms with Gasteiger partial charge in [0.2, 0.25) is 5.91 Å². The van der Waals surface area contributed by atoms with Crippen LogP contribution in [0.5, 0.6) is 0 Å². The van der Waals surface area contributed by atoms with Gasteiger partial charge in [-0.15, -0.1) is 10.2 Å². The molecule has 0 atom stereocenters. The van der Waals surface area contributed by atoms with Crippen molar-refractivity contribution in [3.63, 3.8) is 0 Å². The number of hydrogen-bond acceptors (Lipinski definition) is 5. The summed E-state index contributed by atoms with van der Waals surface area (Å²) in [6.45, 7) is 8.24. The maximum atomic E-state index is 11.8. The van der Waals surface area contributed by atoms with Crippen molar-refractivity contribution >= 4 is 17.6 Å². The largest absolute Gasteiger partial charge is 0.368 e. The second kappa shape index (κ2) is 8.89. The number of rotatable bonds is 8. The molecule has 7 nitrogen and oxygen atoms in total. The van der Waals surface area contributed by atoms with E-state index in [1.54, 1.807) is 17.0 Å². The van der Waals surface area contributed by atoms with Crippen LogP contribution in [-0.2, 0) is 4.79 Å². The molecule has 0 saturated carbocycles. The molecule has 1 aromatic heterocycles. The molecular formula is C14H23N5O2. The minimum atomic E-state index is -0.242. The third-order valence-corrected chi connectivity index (χ3v) is 3.00. The van der Waals surface area contributed by atoms with E-state index < -0.39 is 0 Å². The summed E-state index contributed by atoms with van der Waals surface area (Å²) in [7, 11) is 0. The van der Waals surface area contributed by atoms with Gasteiger partial charge in [-0.1, -0.05) is 0 Å². The second-order valence-corrected chi connectivity index (χ2v) is 4.41. The van der Waals surface area contributed by atoms with Gasteiger partial charge in [0.25, 0.3) is 5.91 Å². The van der Waals surface area contributed by atoms with Gasteiger partial charge in [-0.3, -0.25) is 9.59 Å². The predicted molar refractivity (Wildman–Crippen MR) is 81.1 cm³/mol. The Hall–Kier alpha value is -2.18. The molecule has 0 saturated heterocycles. The van der Waals surface area contributed by atoms with E-state index in [0.717, 1.165) is 13.1 Å². The Morgan fingerprint density at radius 1 is 1.14 bits per heavy atom. The quantitative estimate of drug-likeness (QED) is 0.743. The highest BCUT2D eigenvalue weighted by molar-refractivity contribution is 5.92. The van der Waals surface area contributed by atoms with E-state index in [1.165, 1.54) is 0 Å². The lowest BCUT2D eigenvalue weighted by Crippen LogP contribution is -2.31. The third kappa shape index (κ3) is 5.37. The van der Waals surface area contributed by atoms with Crippen LogP contribution in [0.25, 0.3) is 0 Å². The fourth-order valence-corrected chi connectivity index (χ4v) is 1.83. The molecule has 1 rings (SSSR count). The SMILES string of the molecule is CCNC(=O)c1ccc(NCCC(=O)N(CC)CC)nn1. The lowest BCUT2D eigenvalue weighted by molar-refractivity contribution is -0.130. The summed E-state index contributed by atoms with van der Waals surface area (Å²) in [5.74, 6) is 0.419. The van der Waals surface area contributed by atoms with Crippen LogP contribution in [0, 0.1) is 0 Å². The topological polar surface area (TPSA) is 87.2 Å². The van der Waals surface area contributed by atoms with Crippen molar-refractivity contribution in [2.45, 2.75) is 27.2 Å². The Balaban J connectivity index is 2.43. The minimum Gasteiger partial charge on any atom is -0.368 e. The van der Waals surface area contributed by atoms with Gasteiger partial charge in [-0.2, -0.15) is 0 Å². The number of carbonyl (C=O) groups is 2. The average Bonchev–Trinajstić information content (AvgIpc) is 2.49. The summed E-state index contributed by atoms with van der Waals surface area (Å²) in [5.41, 5.74) is 0.279. The van der Waals surface area contributed by atoms with Gasteiger partial charge in [0.1, 0.15) is 5.82 Å². The monoisotopic (exact) mass is 293 g/mol. The molecular weight excluding hydrogens is 270 g/mol. The van der Waals surface area contributed by atoms with Crippen molar-refractivity contribution in [2.24, 2.45) is 0 Å². The van der Waals surface area contributed by atoms with Crippen molar-refractivity contribution in [2.75, 3.05) is 31.5 Å². The van der Waals surface area contributed by atoms with Gasteiger partial charge in [-0.05, 0) is 32.9 Å². The molecule has 0 aliphatic carbocycles. The summed E-state index contributed by atoms with van der Waals surface area (Å²) in [4.78, 5) is 25.1. The van der Waals surface area contributed by atoms with Gasteiger partial charge in [0.05, 0.1) is 0 Å². The predicted octanol–water partition coefficient (Wildman–Crippen LogP) is 0.897. The molecule has 0 unspecified atom stereocenters. The summed E-state index contributed by atoms with van der Waals surface area (Å²) in [5, 5.41) is 13.4.